The number of methoxy groups -OCH3 is 1. The second-order valence-electron chi connectivity index (χ2n) is 4.03. The lowest BCUT2D eigenvalue weighted by Gasteiger charge is -2.09. The molecule has 1 heterocycles. The van der Waals surface area contributed by atoms with Crippen LogP contribution in [0.4, 0.5) is 0 Å². The molecule has 0 saturated heterocycles. The molecule has 1 aromatic carbocycles. The van der Waals surface area contributed by atoms with Crippen molar-refractivity contribution in [1.82, 2.24) is 4.57 Å². The maximum Gasteiger partial charge on any atom is 0.312 e. The predicted octanol–water partition coefficient (Wildman–Crippen LogP) is 4.24. The molecule has 0 bridgehead atoms. The van der Waals surface area contributed by atoms with Gasteiger partial charge in [-0.05, 0) is 28.9 Å². The van der Waals surface area contributed by atoms with Gasteiger partial charge in [-0.3, -0.25) is 4.79 Å². The molecule has 0 N–H and O–H groups in total. The number of hydrogen-bond donors (Lipinski definition) is 0. The Hall–Kier alpha value is -1.29. The van der Waals surface area contributed by atoms with Gasteiger partial charge in [0.15, 0.2) is 0 Å². The highest BCUT2D eigenvalue weighted by Crippen LogP contribution is 2.35. The zero-order valence-electron chi connectivity index (χ0n) is 12.0. The molecule has 2 rings (SSSR count). The van der Waals surface area contributed by atoms with Gasteiger partial charge in [0.05, 0.1) is 17.6 Å². The van der Waals surface area contributed by atoms with Crippen LogP contribution in [0.2, 0.25) is 0 Å². The molecule has 0 radical (unpaired) electrons. The molecule has 0 saturated carbocycles. The maximum absolute atomic E-state index is 11.7. The van der Waals surface area contributed by atoms with Crippen LogP contribution in [-0.4, -0.2) is 17.6 Å². The quantitative estimate of drug-likeness (QED) is 0.773. The van der Waals surface area contributed by atoms with Gasteiger partial charge in [-0.25, -0.2) is 0 Å². The average Bonchev–Trinajstić information content (AvgIpc) is 2.72. The van der Waals surface area contributed by atoms with E-state index in [-0.39, 0.29) is 11.9 Å². The van der Waals surface area contributed by atoms with Crippen molar-refractivity contribution in [3.63, 3.8) is 0 Å². The molecule has 0 aliphatic heterocycles. The number of esters is 1. The smallest absolute Gasteiger partial charge is 0.312 e. The minimum atomic E-state index is -0.277. The van der Waals surface area contributed by atoms with Crippen LogP contribution in [0.25, 0.3) is 10.9 Å². The van der Waals surface area contributed by atoms with Gasteiger partial charge in [-0.15, -0.1) is 0 Å². The standard InChI is InChI=1S/C13H14BrNO2.C2H6/c1-8(13(16)17-3)11-9-6-4-5-7-10(9)15(2)12(11)14;1-2/h4-8H,1-3H3;1-2H3. The van der Waals surface area contributed by atoms with Gasteiger partial charge in [-0.2, -0.15) is 0 Å². The lowest BCUT2D eigenvalue weighted by atomic mass is 10.0. The highest BCUT2D eigenvalue weighted by atomic mass is 79.9. The minimum Gasteiger partial charge on any atom is -0.469 e. The zero-order chi connectivity index (χ0) is 14.6. The Balaban J connectivity index is 0.000000861. The van der Waals surface area contributed by atoms with Crippen molar-refractivity contribution in [2.24, 2.45) is 7.05 Å². The Labute approximate surface area is 122 Å². The van der Waals surface area contributed by atoms with Crippen LogP contribution in [0, 0.1) is 0 Å². The van der Waals surface area contributed by atoms with Crippen LogP contribution in [0.1, 0.15) is 32.3 Å². The van der Waals surface area contributed by atoms with E-state index in [0.29, 0.717) is 0 Å². The molecule has 19 heavy (non-hydrogen) atoms. The molecule has 0 spiro atoms. The van der Waals surface area contributed by atoms with Crippen LogP contribution < -0.4 is 0 Å². The molecule has 0 aliphatic carbocycles. The van der Waals surface area contributed by atoms with Crippen LogP contribution in [0.15, 0.2) is 28.9 Å². The van der Waals surface area contributed by atoms with E-state index < -0.39 is 0 Å². The van der Waals surface area contributed by atoms with Crippen molar-refractivity contribution >= 4 is 32.8 Å². The number of nitrogens with zero attached hydrogens (tertiary/aromatic N) is 1. The number of aryl methyl sites for hydroxylation is 1. The summed E-state index contributed by atoms with van der Waals surface area (Å²) in [6, 6.07) is 8.02. The van der Waals surface area contributed by atoms with Crippen LogP contribution >= 0.6 is 15.9 Å². The second kappa shape index (κ2) is 6.75. The van der Waals surface area contributed by atoms with Gasteiger partial charge in [0.1, 0.15) is 0 Å². The highest BCUT2D eigenvalue weighted by Gasteiger charge is 2.23. The Morgan fingerprint density at radius 1 is 1.32 bits per heavy atom. The first-order valence-corrected chi connectivity index (χ1v) is 7.17. The molecule has 1 aromatic heterocycles. The van der Waals surface area contributed by atoms with E-state index in [9.17, 15) is 4.79 Å². The number of ether oxygens (including phenoxy) is 1. The SMILES string of the molecule is CC.COC(=O)C(C)c1c(Br)n(C)c2ccccc12. The van der Waals surface area contributed by atoms with E-state index in [0.717, 1.165) is 21.1 Å². The lowest BCUT2D eigenvalue weighted by molar-refractivity contribution is -0.141. The second-order valence-corrected chi connectivity index (χ2v) is 4.78. The van der Waals surface area contributed by atoms with Gasteiger partial charge >= 0.3 is 5.97 Å². The molecular formula is C15H20BrNO2. The van der Waals surface area contributed by atoms with Gasteiger partial charge in [0.2, 0.25) is 0 Å². The summed E-state index contributed by atoms with van der Waals surface area (Å²) in [7, 11) is 3.39. The number of rotatable bonds is 2. The van der Waals surface area contributed by atoms with E-state index in [2.05, 4.69) is 15.9 Å². The highest BCUT2D eigenvalue weighted by molar-refractivity contribution is 9.10. The van der Waals surface area contributed by atoms with Crippen molar-refractivity contribution in [2.45, 2.75) is 26.7 Å². The Morgan fingerprint density at radius 3 is 2.47 bits per heavy atom. The summed E-state index contributed by atoms with van der Waals surface area (Å²) in [5, 5.41) is 1.08. The summed E-state index contributed by atoms with van der Waals surface area (Å²) < 4.78 is 7.77. The number of aromatic nitrogens is 1. The van der Waals surface area contributed by atoms with E-state index >= 15 is 0 Å². The van der Waals surface area contributed by atoms with Crippen molar-refractivity contribution in [3.05, 3.63) is 34.4 Å². The first-order valence-electron chi connectivity index (χ1n) is 6.38. The van der Waals surface area contributed by atoms with E-state index in [1.165, 1.54) is 7.11 Å². The summed E-state index contributed by atoms with van der Waals surface area (Å²) in [4.78, 5) is 11.7. The predicted molar refractivity (Wildman–Crippen MR) is 82.4 cm³/mol. The van der Waals surface area contributed by atoms with E-state index in [4.69, 9.17) is 4.74 Å². The normalized spacial score (nSPS) is 11.7. The topological polar surface area (TPSA) is 31.2 Å². The van der Waals surface area contributed by atoms with Gasteiger partial charge in [-0.1, -0.05) is 32.0 Å². The molecule has 3 nitrogen and oxygen atoms in total. The van der Waals surface area contributed by atoms with E-state index in [1.807, 2.05) is 56.7 Å². The van der Waals surface area contributed by atoms with Crippen molar-refractivity contribution in [2.75, 3.05) is 7.11 Å². The summed E-state index contributed by atoms with van der Waals surface area (Å²) in [6.07, 6.45) is 0. The fraction of sp³-hybridized carbons (Fsp3) is 0.400. The number of hydrogen-bond acceptors (Lipinski definition) is 2. The molecule has 1 atom stereocenters. The Bertz CT molecular complexity index is 575. The third kappa shape index (κ3) is 2.84. The minimum absolute atomic E-state index is 0.220. The van der Waals surface area contributed by atoms with E-state index in [1.54, 1.807) is 0 Å². The van der Waals surface area contributed by atoms with Crippen molar-refractivity contribution in [3.8, 4) is 0 Å². The summed E-state index contributed by atoms with van der Waals surface area (Å²) >= 11 is 3.55. The molecule has 2 aromatic rings. The van der Waals surface area contributed by atoms with Crippen LogP contribution in [-0.2, 0) is 16.6 Å². The number of fused-ring (bicyclic) bond motifs is 1. The molecule has 0 fully saturated rings. The van der Waals surface area contributed by atoms with Crippen LogP contribution in [0.5, 0.6) is 0 Å². The molecule has 1 unspecified atom stereocenters. The number of benzene rings is 1. The summed E-state index contributed by atoms with van der Waals surface area (Å²) in [6.45, 7) is 5.86. The summed E-state index contributed by atoms with van der Waals surface area (Å²) in [5.41, 5.74) is 2.08. The molecule has 0 aliphatic rings. The number of carbonyl (C=O) groups is 1. The fourth-order valence-corrected chi connectivity index (χ4v) is 2.85. The molecule has 104 valence electrons. The third-order valence-electron chi connectivity index (χ3n) is 3.06. The third-order valence-corrected chi connectivity index (χ3v) is 4.02. The van der Waals surface area contributed by atoms with Crippen LogP contribution in [0.3, 0.4) is 0 Å². The first kappa shape index (κ1) is 15.8. The number of para-hydroxylation sites is 1. The molecular weight excluding hydrogens is 306 g/mol. The monoisotopic (exact) mass is 325 g/mol. The average molecular weight is 326 g/mol. The van der Waals surface area contributed by atoms with Gasteiger partial charge < -0.3 is 9.30 Å². The van der Waals surface area contributed by atoms with Gasteiger partial charge in [0.25, 0.3) is 0 Å². The fourth-order valence-electron chi connectivity index (χ4n) is 2.10. The summed E-state index contributed by atoms with van der Waals surface area (Å²) in [5.74, 6) is -0.498. The number of halogens is 1. The molecule has 0 amide bonds. The lowest BCUT2D eigenvalue weighted by Crippen LogP contribution is -2.11. The van der Waals surface area contributed by atoms with Gasteiger partial charge in [0, 0.05) is 23.5 Å². The first-order chi connectivity index (χ1) is 9.07. The Kier molecular flexibility index (Phi) is 5.60. The molecule has 4 heteroatoms. The van der Waals surface area contributed by atoms with Crippen molar-refractivity contribution in [1.29, 1.82) is 0 Å². The largest absolute Gasteiger partial charge is 0.469 e. The maximum atomic E-state index is 11.7. The zero-order valence-corrected chi connectivity index (χ0v) is 13.6. The van der Waals surface area contributed by atoms with Crippen molar-refractivity contribution < 1.29 is 9.53 Å². The Morgan fingerprint density at radius 2 is 1.89 bits per heavy atom. The number of carbonyl (C=O) groups excluding carboxylic acids is 1.